The van der Waals surface area contributed by atoms with Crippen LogP contribution in [0.15, 0.2) is 45.3 Å². The average molecular weight is 405 g/mol. The van der Waals surface area contributed by atoms with Crippen molar-refractivity contribution in [2.24, 2.45) is 0 Å². The Hall–Kier alpha value is -1.47. The minimum absolute atomic E-state index is 0.0543. The fraction of sp³-hybridized carbons (Fsp3) is 0.0769. The van der Waals surface area contributed by atoms with Crippen LogP contribution in [0.5, 0.6) is 5.75 Å². The van der Waals surface area contributed by atoms with Crippen molar-refractivity contribution in [1.29, 1.82) is 0 Å². The first-order valence-electron chi connectivity index (χ1n) is 5.48. The second-order valence-electron chi connectivity index (χ2n) is 3.90. The summed E-state index contributed by atoms with van der Waals surface area (Å²) in [7, 11) is 0. The first-order valence-corrected chi connectivity index (χ1v) is 7.06. The molecule has 0 spiro atoms. The van der Waals surface area contributed by atoms with Gasteiger partial charge >= 0.3 is 0 Å². The van der Waals surface area contributed by atoms with E-state index in [1.165, 1.54) is 24.3 Å². The molecule has 0 aromatic heterocycles. The zero-order valence-electron chi connectivity index (χ0n) is 9.98. The molecule has 0 atom stereocenters. The molecule has 0 heterocycles. The molecule has 0 unspecified atom stereocenters. The standard InChI is InChI=1S/C13H8Br2FNO3/c14-11-4-3-10(17(18)19)6-13(11)20-7-8-1-2-9(16)5-12(8)15/h1-6H,7H2. The van der Waals surface area contributed by atoms with Gasteiger partial charge in [-0.15, -0.1) is 0 Å². The summed E-state index contributed by atoms with van der Waals surface area (Å²) < 4.78 is 19.7. The normalized spacial score (nSPS) is 10.3. The van der Waals surface area contributed by atoms with Crippen LogP contribution in [0.3, 0.4) is 0 Å². The maximum Gasteiger partial charge on any atom is 0.273 e. The van der Waals surface area contributed by atoms with Crippen LogP contribution < -0.4 is 4.74 Å². The Morgan fingerprint density at radius 2 is 1.90 bits per heavy atom. The van der Waals surface area contributed by atoms with Gasteiger partial charge in [0.2, 0.25) is 0 Å². The quantitative estimate of drug-likeness (QED) is 0.541. The highest BCUT2D eigenvalue weighted by Gasteiger charge is 2.11. The minimum Gasteiger partial charge on any atom is -0.487 e. The number of hydrogen-bond acceptors (Lipinski definition) is 3. The van der Waals surface area contributed by atoms with Crippen LogP contribution in [0, 0.1) is 15.9 Å². The number of halogens is 3. The number of benzene rings is 2. The second-order valence-corrected chi connectivity index (χ2v) is 5.60. The lowest BCUT2D eigenvalue weighted by Gasteiger charge is -2.09. The lowest BCUT2D eigenvalue weighted by Crippen LogP contribution is -1.98. The molecule has 0 radical (unpaired) electrons. The van der Waals surface area contributed by atoms with E-state index < -0.39 is 4.92 Å². The van der Waals surface area contributed by atoms with Crippen molar-refractivity contribution in [2.75, 3.05) is 0 Å². The van der Waals surface area contributed by atoms with Crippen LogP contribution in [0.1, 0.15) is 5.56 Å². The van der Waals surface area contributed by atoms with Crippen molar-refractivity contribution in [3.63, 3.8) is 0 Å². The Morgan fingerprint density at radius 3 is 2.55 bits per heavy atom. The maximum atomic E-state index is 13.0. The summed E-state index contributed by atoms with van der Waals surface area (Å²) in [4.78, 5) is 10.2. The van der Waals surface area contributed by atoms with Crippen molar-refractivity contribution in [3.8, 4) is 5.75 Å². The van der Waals surface area contributed by atoms with E-state index in [1.807, 2.05) is 0 Å². The summed E-state index contributed by atoms with van der Waals surface area (Å²) in [5, 5.41) is 10.7. The number of nitro benzene ring substituents is 1. The Labute approximate surface area is 131 Å². The van der Waals surface area contributed by atoms with Gasteiger partial charge in [-0.1, -0.05) is 22.0 Å². The van der Waals surface area contributed by atoms with E-state index in [2.05, 4.69) is 31.9 Å². The van der Waals surface area contributed by atoms with Crippen LogP contribution in [-0.4, -0.2) is 4.92 Å². The summed E-state index contributed by atoms with van der Waals surface area (Å²) in [6.45, 7) is 0.167. The predicted molar refractivity (Wildman–Crippen MR) is 79.2 cm³/mol. The van der Waals surface area contributed by atoms with Gasteiger partial charge in [0.25, 0.3) is 5.69 Å². The highest BCUT2D eigenvalue weighted by Crippen LogP contribution is 2.30. The molecule has 2 aromatic carbocycles. The number of ether oxygens (including phenoxy) is 1. The molecule has 0 aliphatic carbocycles. The van der Waals surface area contributed by atoms with Crippen molar-refractivity contribution >= 4 is 37.5 Å². The Kier molecular flexibility index (Phi) is 4.72. The molecule has 104 valence electrons. The monoisotopic (exact) mass is 403 g/mol. The number of hydrogen-bond donors (Lipinski definition) is 0. The molecule has 0 fully saturated rings. The minimum atomic E-state index is -0.493. The van der Waals surface area contributed by atoms with Gasteiger partial charge in [0.05, 0.1) is 15.5 Å². The molecule has 0 bridgehead atoms. The van der Waals surface area contributed by atoms with Crippen LogP contribution >= 0.6 is 31.9 Å². The molecule has 0 amide bonds. The summed E-state index contributed by atoms with van der Waals surface area (Å²) in [5.41, 5.74) is 0.686. The molecule has 20 heavy (non-hydrogen) atoms. The number of non-ortho nitro benzene ring substituents is 1. The number of rotatable bonds is 4. The second kappa shape index (κ2) is 6.32. The van der Waals surface area contributed by atoms with E-state index in [1.54, 1.807) is 12.1 Å². The number of nitrogens with zero attached hydrogens (tertiary/aromatic N) is 1. The molecule has 2 aromatic rings. The van der Waals surface area contributed by atoms with Crippen LogP contribution in [-0.2, 0) is 6.61 Å². The van der Waals surface area contributed by atoms with E-state index in [9.17, 15) is 14.5 Å². The Morgan fingerprint density at radius 1 is 1.15 bits per heavy atom. The summed E-state index contributed by atoms with van der Waals surface area (Å²) in [6, 6.07) is 8.51. The first-order chi connectivity index (χ1) is 9.47. The first kappa shape index (κ1) is 14.9. The van der Waals surface area contributed by atoms with Crippen LogP contribution in [0.2, 0.25) is 0 Å². The van der Waals surface area contributed by atoms with E-state index >= 15 is 0 Å². The fourth-order valence-electron chi connectivity index (χ4n) is 1.51. The largest absolute Gasteiger partial charge is 0.487 e. The van der Waals surface area contributed by atoms with E-state index in [0.29, 0.717) is 14.7 Å². The number of nitro groups is 1. The molecule has 4 nitrogen and oxygen atoms in total. The van der Waals surface area contributed by atoms with E-state index in [4.69, 9.17) is 4.74 Å². The lowest BCUT2D eigenvalue weighted by atomic mass is 10.2. The van der Waals surface area contributed by atoms with E-state index in [0.717, 1.165) is 5.56 Å². The van der Waals surface area contributed by atoms with Gasteiger partial charge in [-0.25, -0.2) is 4.39 Å². The van der Waals surface area contributed by atoms with Gasteiger partial charge in [-0.3, -0.25) is 10.1 Å². The molecule has 0 aliphatic rings. The molecule has 0 saturated carbocycles. The molecule has 0 aliphatic heterocycles. The molecular formula is C13H8Br2FNO3. The molecule has 2 rings (SSSR count). The van der Waals surface area contributed by atoms with Crippen molar-refractivity contribution < 1.29 is 14.1 Å². The third kappa shape index (κ3) is 3.55. The SMILES string of the molecule is O=[N+]([O-])c1ccc(Br)c(OCc2ccc(F)cc2Br)c1. The smallest absolute Gasteiger partial charge is 0.273 e. The van der Waals surface area contributed by atoms with Gasteiger partial charge in [-0.2, -0.15) is 0 Å². The van der Waals surface area contributed by atoms with Gasteiger partial charge in [0, 0.05) is 16.1 Å². The van der Waals surface area contributed by atoms with Crippen LogP contribution in [0.4, 0.5) is 10.1 Å². The fourth-order valence-corrected chi connectivity index (χ4v) is 2.34. The zero-order chi connectivity index (χ0) is 14.7. The molecule has 0 N–H and O–H groups in total. The topological polar surface area (TPSA) is 52.4 Å². The summed E-state index contributed by atoms with van der Waals surface area (Å²) in [5.74, 6) is 0.00702. The maximum absolute atomic E-state index is 13.0. The zero-order valence-corrected chi connectivity index (χ0v) is 13.1. The van der Waals surface area contributed by atoms with Crippen LogP contribution in [0.25, 0.3) is 0 Å². The van der Waals surface area contributed by atoms with Gasteiger partial charge in [-0.05, 0) is 34.1 Å². The van der Waals surface area contributed by atoms with Gasteiger partial charge in [0.1, 0.15) is 18.2 Å². The Balaban J connectivity index is 2.18. The highest BCUT2D eigenvalue weighted by atomic mass is 79.9. The Bertz CT molecular complexity index is 664. The summed E-state index contributed by atoms with van der Waals surface area (Å²) >= 11 is 6.50. The molecular weight excluding hydrogens is 397 g/mol. The molecule has 7 heteroatoms. The third-order valence-electron chi connectivity index (χ3n) is 2.52. The molecule has 0 saturated heterocycles. The van der Waals surface area contributed by atoms with Gasteiger partial charge in [0.15, 0.2) is 0 Å². The van der Waals surface area contributed by atoms with Crippen molar-refractivity contribution in [2.45, 2.75) is 6.61 Å². The van der Waals surface area contributed by atoms with Gasteiger partial charge < -0.3 is 4.74 Å². The highest BCUT2D eigenvalue weighted by molar-refractivity contribution is 9.10. The summed E-state index contributed by atoms with van der Waals surface area (Å²) in [6.07, 6.45) is 0. The van der Waals surface area contributed by atoms with Crippen molar-refractivity contribution in [1.82, 2.24) is 0 Å². The predicted octanol–water partition coefficient (Wildman–Crippen LogP) is 4.84. The average Bonchev–Trinajstić information content (AvgIpc) is 2.39. The third-order valence-corrected chi connectivity index (χ3v) is 3.92. The van der Waals surface area contributed by atoms with Crippen molar-refractivity contribution in [3.05, 3.63) is 66.8 Å². The lowest BCUT2D eigenvalue weighted by molar-refractivity contribution is -0.385. The van der Waals surface area contributed by atoms with E-state index in [-0.39, 0.29) is 18.1 Å².